The highest BCUT2D eigenvalue weighted by atomic mass is 32.2. The monoisotopic (exact) mass is 1860 g/mol. The first kappa shape index (κ1) is 82.8. The van der Waals surface area contributed by atoms with Crippen molar-refractivity contribution in [3.8, 4) is 11.5 Å². The highest BCUT2D eigenvalue weighted by Crippen LogP contribution is 2.71. The van der Waals surface area contributed by atoms with Crippen molar-refractivity contribution < 1.29 is 4.74 Å². The Hall–Kier alpha value is -16.8. The Kier molecular flexibility index (Phi) is 17.4. The Bertz CT molecular complexity index is 8880. The molecule has 0 radical (unpaired) electrons. The van der Waals surface area contributed by atoms with Crippen LogP contribution >= 0.6 is 11.8 Å². The molecule has 12 aliphatic rings. The molecule has 0 bridgehead atoms. The van der Waals surface area contributed by atoms with Crippen molar-refractivity contribution in [3.05, 3.63) is 603 Å². The molecule has 0 amide bonds. The zero-order valence-corrected chi connectivity index (χ0v) is 81.4. The second-order valence-corrected chi connectivity index (χ2v) is 43.0. The van der Waals surface area contributed by atoms with Gasteiger partial charge in [0, 0.05) is 37.4 Å². The van der Waals surface area contributed by atoms with Crippen LogP contribution in [0.4, 0.5) is 68.2 Å². The number of fused-ring (bicyclic) bond motifs is 34. The van der Waals surface area contributed by atoms with Gasteiger partial charge >= 0.3 is 0 Å². The lowest BCUT2D eigenvalue weighted by atomic mass is 9.23. The minimum atomic E-state index is -0.613. The van der Waals surface area contributed by atoms with Crippen LogP contribution in [0.25, 0.3) is 0 Å². The summed E-state index contributed by atoms with van der Waals surface area (Å²) < 4.78 is 6.73. The van der Waals surface area contributed by atoms with Gasteiger partial charge in [0.05, 0.1) is 84.2 Å². The molecule has 12 heterocycles. The molecule has 12 aliphatic heterocycles. The lowest BCUT2D eigenvalue weighted by molar-refractivity contribution is 0.433. The number of benzene rings is 21. The molecule has 33 rings (SSSR count). The Balaban J connectivity index is 0.0000000994. The third kappa shape index (κ3) is 10.5. The number of rotatable bonds is 3. The molecular weight excluding hydrogens is 1770 g/mol. The van der Waals surface area contributed by atoms with Gasteiger partial charge in [0.2, 0.25) is 20.1 Å². The van der Waals surface area contributed by atoms with Crippen LogP contribution in [-0.2, 0) is 32.5 Å². The van der Waals surface area contributed by atoms with Crippen molar-refractivity contribution >= 4 is 149 Å². The van der Waals surface area contributed by atoms with Crippen LogP contribution in [0.15, 0.2) is 501 Å². The fourth-order valence-electron chi connectivity index (χ4n) is 29.7. The Morgan fingerprint density at radius 1 is 0.179 bits per heavy atom. The molecule has 9 heteroatoms. The summed E-state index contributed by atoms with van der Waals surface area (Å²) in [6.07, 6.45) is 0. The smallest absolute Gasteiger partial charge is 0.243 e. The Labute approximate surface area is 851 Å². The largest absolute Gasteiger partial charge is 0.457 e. The summed E-state index contributed by atoms with van der Waals surface area (Å²) in [6.45, 7) is 10.3. The van der Waals surface area contributed by atoms with Crippen LogP contribution < -0.4 is 73.5 Å². The van der Waals surface area contributed by atoms with Gasteiger partial charge in [-0.3, -0.25) is 0 Å². The minimum absolute atomic E-state index is 0.111. The lowest BCUT2D eigenvalue weighted by Gasteiger charge is -2.56. The van der Waals surface area contributed by atoms with Gasteiger partial charge in [0.25, 0.3) is 0 Å². The average molecular weight is 1860 g/mol. The van der Waals surface area contributed by atoms with E-state index in [1.54, 1.807) is 5.46 Å². The number of nitrogens with zero attached hydrogens (tertiary/aromatic N) is 4. The van der Waals surface area contributed by atoms with Crippen LogP contribution in [0.1, 0.15) is 139 Å². The first-order chi connectivity index (χ1) is 71.6. The number of anilines is 12. The first-order valence-electron chi connectivity index (χ1n) is 51.2. The molecule has 0 fully saturated rings. The molecule has 145 heavy (non-hydrogen) atoms. The third-order valence-corrected chi connectivity index (χ3v) is 36.0. The Morgan fingerprint density at radius 2 is 0.441 bits per heavy atom. The fraction of sp³-hybridized carbons (Fsp3) is 0.0735. The summed E-state index contributed by atoms with van der Waals surface area (Å²) in [4.78, 5) is 12.7. The van der Waals surface area contributed by atoms with Gasteiger partial charge in [-0.25, -0.2) is 0 Å². The van der Waals surface area contributed by atoms with Gasteiger partial charge in [0.15, 0.2) is 0 Å². The number of para-hydroxylation sites is 13. The highest BCUT2D eigenvalue weighted by molar-refractivity contribution is 7.99. The van der Waals surface area contributed by atoms with Crippen LogP contribution in [0.2, 0.25) is 0 Å². The topological polar surface area (TPSA) is 22.2 Å². The molecule has 5 nitrogen and oxygen atoms in total. The van der Waals surface area contributed by atoms with Crippen molar-refractivity contribution in [1.29, 1.82) is 0 Å². The molecule has 0 N–H and O–H groups in total. The molecule has 678 valence electrons. The van der Waals surface area contributed by atoms with E-state index in [1.807, 2.05) is 11.8 Å². The molecule has 0 aromatic heterocycles. The van der Waals surface area contributed by atoms with E-state index in [-0.39, 0.29) is 31.0 Å². The van der Waals surface area contributed by atoms with E-state index in [1.165, 1.54) is 227 Å². The van der Waals surface area contributed by atoms with Gasteiger partial charge in [-0.1, -0.05) is 495 Å². The van der Waals surface area contributed by atoms with Gasteiger partial charge < -0.3 is 24.3 Å². The molecule has 0 atom stereocenters. The number of hydrogen-bond acceptors (Lipinski definition) is 6. The molecule has 21 aromatic rings. The van der Waals surface area contributed by atoms with Crippen molar-refractivity contribution in [2.75, 3.05) is 19.6 Å². The van der Waals surface area contributed by atoms with Crippen molar-refractivity contribution in [2.24, 2.45) is 0 Å². The second-order valence-electron chi connectivity index (χ2n) is 41.9. The van der Waals surface area contributed by atoms with Crippen LogP contribution in [0.5, 0.6) is 11.5 Å². The van der Waals surface area contributed by atoms with E-state index in [0.29, 0.717) is 0 Å². The molecule has 0 unspecified atom stereocenters. The van der Waals surface area contributed by atoms with Gasteiger partial charge in [0.1, 0.15) is 11.5 Å². The summed E-state index contributed by atoms with van der Waals surface area (Å²) in [5, 5.41) is 0. The molecule has 0 saturated heterocycles. The fourth-order valence-corrected chi connectivity index (χ4v) is 30.8. The maximum Gasteiger partial charge on any atom is 0.243 e. The van der Waals surface area contributed by atoms with Gasteiger partial charge in [-0.15, -0.1) is 0 Å². The molecule has 0 saturated carbocycles. The van der Waals surface area contributed by atoms with E-state index in [9.17, 15) is 0 Å². The maximum absolute atomic E-state index is 6.73. The normalized spacial score (nSPS) is 16.1. The maximum atomic E-state index is 6.73. The zero-order chi connectivity index (χ0) is 95.7. The van der Waals surface area contributed by atoms with E-state index in [0.717, 1.165) is 17.2 Å². The van der Waals surface area contributed by atoms with Crippen LogP contribution in [0, 0.1) is 0 Å². The lowest BCUT2D eigenvalue weighted by Crippen LogP contribution is -2.72. The summed E-state index contributed by atoms with van der Waals surface area (Å²) in [5.41, 5.74) is 52.2. The highest BCUT2D eigenvalue weighted by Gasteiger charge is 2.63. The number of ether oxygens (including phenoxy) is 1. The van der Waals surface area contributed by atoms with Crippen LogP contribution in [0.3, 0.4) is 0 Å². The van der Waals surface area contributed by atoms with Crippen molar-refractivity contribution in [1.82, 2.24) is 0 Å². The molecule has 4 spiro atoms. The SMILES string of the molecule is CC1(C)c2cccc3c2B2c4c1cccc4C1(c4ccccc4N4c5ccccc5Sc5cccc1c54)c1cccc(c12)C3(C)C.c1ccc(B2c3ccccc3C3(c4ccccc42)c2ccccc2N2c4ccccc4C4(c5ccccc5Oc5ccccc54)c4cccc3c42)cc1.c1ccc(B2c3ccccc3C3(c4ccccc42)c2ccccc2N2c4ccccc4N(c4ccccc4)c4cccc3c42)cc1. The average Bonchev–Trinajstić information content (AvgIpc) is 0.648. The Morgan fingerprint density at radius 3 is 0.876 bits per heavy atom. The van der Waals surface area contributed by atoms with E-state index < -0.39 is 21.7 Å². The summed E-state index contributed by atoms with van der Waals surface area (Å²) in [6, 6.07) is 184. The quantitative estimate of drug-likeness (QED) is 0.163. The van der Waals surface area contributed by atoms with E-state index >= 15 is 0 Å². The zero-order valence-electron chi connectivity index (χ0n) is 80.6. The number of hydrogen-bond donors (Lipinski definition) is 0. The molecule has 21 aromatic carbocycles. The molecular formula is C136H93B3N4OS. The summed E-state index contributed by atoms with van der Waals surface area (Å²) in [5.74, 6) is 1.80. The van der Waals surface area contributed by atoms with E-state index in [2.05, 4.69) is 539 Å². The standard InChI is InChI=1S/C50H32BNO.C43H29BN2.C43H32BNS/c1-2-17-33(18-3-1)51-42-27-10-4-19-34(42)49(35-20-5-11-28-43(35)51)36-21-6-12-29-44(36)52-45-30-13-7-22-37(45)50(41-26-16-25-40(49)48(41)52)38-23-8-14-31-46(38)53-47-32-15-9-24-39(47)50;1-3-16-30(17-4-1)44-36-24-10-7-20-32(36)43(33-21-8-11-25-37(33)44)34-22-9-12-26-38(34)46-40-28-14-13-27-39(40)45(31-18-5-2-6-19-31)41-29-15-23-35(43)42(41)46;1-41(2)26-14-9-15-27-37(26)44-38-28(41)16-10-18-30(38)43(31-19-11-17-29(39(31)44)42(27,3)4)25-13-5-6-21-33(25)45-34-22-7-8-23-35(34)46-36-24-12-20-32(43)40(36)45/h1-32H;1-29H;5-24H,1-4H3. The van der Waals surface area contributed by atoms with E-state index in [4.69, 9.17) is 4.74 Å². The minimum Gasteiger partial charge on any atom is -0.457 e. The van der Waals surface area contributed by atoms with Crippen LogP contribution in [-0.4, -0.2) is 20.1 Å². The molecule has 0 aliphatic carbocycles. The van der Waals surface area contributed by atoms with Crippen molar-refractivity contribution in [2.45, 2.75) is 70.0 Å². The van der Waals surface area contributed by atoms with Gasteiger partial charge in [-0.05, 0) is 185 Å². The van der Waals surface area contributed by atoms with Crippen molar-refractivity contribution in [3.63, 3.8) is 0 Å². The second kappa shape index (κ2) is 30.4. The predicted molar refractivity (Wildman–Crippen MR) is 601 cm³/mol. The third-order valence-electron chi connectivity index (χ3n) is 34.9. The summed E-state index contributed by atoms with van der Waals surface area (Å²) in [7, 11) is 0. The van der Waals surface area contributed by atoms with Gasteiger partial charge in [-0.2, -0.15) is 0 Å². The summed E-state index contributed by atoms with van der Waals surface area (Å²) >= 11 is 1.91. The first-order valence-corrected chi connectivity index (χ1v) is 52.0. The predicted octanol–water partition coefficient (Wildman–Crippen LogP) is 26.4.